The topological polar surface area (TPSA) is 156 Å². The normalized spacial score (nSPS) is 12.1. The average Bonchev–Trinajstić information content (AvgIpc) is 3.14. The molecule has 1 radical (unpaired) electrons. The third kappa shape index (κ3) is 40.8. The number of carbonyl (C=O) groups excluding carboxylic acids is 4. The van der Waals surface area contributed by atoms with Crippen LogP contribution in [0, 0.1) is 0 Å². The van der Waals surface area contributed by atoms with E-state index >= 15 is 0 Å². The van der Waals surface area contributed by atoms with Crippen molar-refractivity contribution in [3.63, 3.8) is 0 Å². The fourth-order valence-corrected chi connectivity index (χ4v) is 6.78. The molecule has 1 N–H and O–H groups in total. The van der Waals surface area contributed by atoms with E-state index in [1.165, 1.54) is 0 Å². The molecule has 19 heteroatoms. The second-order valence-electron chi connectivity index (χ2n) is 18.2. The number of carbonyl (C=O) groups is 4. The molecule has 0 aliphatic heterocycles. The molecular weight excluding hydrogens is 958 g/mol. The van der Waals surface area contributed by atoms with Crippen LogP contribution in [0.15, 0.2) is 40.8 Å². The Morgan fingerprint density at radius 3 is 1.37 bits per heavy atom. The Labute approximate surface area is 407 Å². The summed E-state index contributed by atoms with van der Waals surface area (Å²) in [5.41, 5.74) is 0.765. The number of nitrogens with zero attached hydrogens (tertiary/aromatic N) is 1. The van der Waals surface area contributed by atoms with Gasteiger partial charge in [-0.15, -0.1) is 0 Å². The van der Waals surface area contributed by atoms with Crippen LogP contribution < -0.4 is 0 Å². The Morgan fingerprint density at radius 1 is 0.746 bits per heavy atom. The molecule has 0 saturated heterocycles. The zero-order valence-electron chi connectivity index (χ0n) is 43.1. The molecule has 12 nitrogen and oxygen atoms in total. The molecule has 0 aliphatic carbocycles. The molecule has 0 amide bonds. The molecule has 63 heavy (non-hydrogen) atoms. The third-order valence-electron chi connectivity index (χ3n) is 10.0. The molecule has 1 unspecified atom stereocenters. The summed E-state index contributed by atoms with van der Waals surface area (Å²) in [7, 11) is -0.757. The molecule has 0 aromatic carbocycles. The van der Waals surface area contributed by atoms with Crippen LogP contribution in [0.5, 0.6) is 0 Å². The van der Waals surface area contributed by atoms with Crippen LogP contribution in [-0.4, -0.2) is 125 Å². The monoisotopic (exact) mass is 1050 g/mol. The second-order valence-corrected chi connectivity index (χ2v) is 34.2. The number of halogens is 1. The first-order valence-electron chi connectivity index (χ1n) is 21.2. The number of thiol groups is 1. The summed E-state index contributed by atoms with van der Waals surface area (Å²) in [5, 5.41) is 11.0. The van der Waals surface area contributed by atoms with E-state index in [4.69, 9.17) is 22.8 Å². The Balaban J connectivity index is -0.000000172. The Bertz CT molecular complexity index is 1300. The number of aliphatic hydroxyl groups excluding tert-OH is 1. The maximum absolute atomic E-state index is 11.6. The van der Waals surface area contributed by atoms with Gasteiger partial charge in [-0.3, -0.25) is 0 Å². The van der Waals surface area contributed by atoms with E-state index in [1.54, 1.807) is 25.6 Å². The van der Waals surface area contributed by atoms with Gasteiger partial charge in [-0.2, -0.15) is 11.8 Å². The van der Waals surface area contributed by atoms with Crippen molar-refractivity contribution in [1.82, 2.24) is 0 Å². The fraction of sp³-hybridized carbons (Fsp3) is 0.773. The van der Waals surface area contributed by atoms with Crippen molar-refractivity contribution in [2.75, 3.05) is 57.5 Å². The number of hydrogen-bond acceptors (Lipinski definition) is 14. The molecule has 0 heterocycles. The van der Waals surface area contributed by atoms with E-state index in [1.807, 2.05) is 25.5 Å². The molecule has 0 aliphatic rings. The number of aldehydes is 1. The van der Waals surface area contributed by atoms with Gasteiger partial charge < -0.3 is 37.4 Å². The Hall–Kier alpha value is -1.16. The van der Waals surface area contributed by atoms with E-state index in [0.29, 0.717) is 56.8 Å². The van der Waals surface area contributed by atoms with Gasteiger partial charge >= 0.3 is 42.7 Å². The molecule has 0 saturated carbocycles. The summed E-state index contributed by atoms with van der Waals surface area (Å²) < 4.78 is 34.6. The van der Waals surface area contributed by atoms with Crippen LogP contribution in [0.2, 0.25) is 54.4 Å². The molecular formula is C44H90BBrNO11S2Si3. The van der Waals surface area contributed by atoms with E-state index in [0.717, 1.165) is 18.8 Å². The van der Waals surface area contributed by atoms with Crippen molar-refractivity contribution < 1.29 is 51.8 Å². The predicted octanol–water partition coefficient (Wildman–Crippen LogP) is 11.7. The Morgan fingerprint density at radius 2 is 1.08 bits per heavy atom. The fourth-order valence-electron chi connectivity index (χ4n) is 3.14. The molecule has 0 spiro atoms. The molecule has 0 bridgehead atoms. The summed E-state index contributed by atoms with van der Waals surface area (Å²) in [5.74, 6) is -1.14. The van der Waals surface area contributed by atoms with E-state index in [9.17, 15) is 24.3 Å². The standard InChI is InChI=1S/C14H27BrO3Si.C14H28O4Si.C9H20O2Si.C5H8O2.C2H6S.BHNS/c1-7-17-13(16)12(11-15)9-8-10-18-19(5,6)14(2,3)4;1-8-17-13(16)11(2)12(15)9-10-18-19(6,7)14(3,4)5;1-9(2,3)12(4,5)11-8-6-7-10;1-3-5(6)7-4-2;1-3-2;1-2-3/h9H,7-8,10-11H2,1-6H3;12,15H,2,8-10H2,1,3-7H3;7H,6,8H2,1-5H3;3H,1,4H2,2H3;1-2H3;3H/b12-9+;;;;;. The van der Waals surface area contributed by atoms with Gasteiger partial charge in [-0.05, 0) is 101 Å². The molecule has 371 valence electrons. The molecule has 0 rings (SSSR count). The van der Waals surface area contributed by atoms with E-state index < -0.39 is 37.0 Å². The first-order chi connectivity index (χ1) is 28.6. The summed E-state index contributed by atoms with van der Waals surface area (Å²) in [6.45, 7) is 47.7. The number of thioether (sulfide) groups is 1. The van der Waals surface area contributed by atoms with Crippen LogP contribution >= 0.6 is 40.5 Å². The van der Waals surface area contributed by atoms with Gasteiger partial charge in [-0.25, -0.2) is 14.4 Å². The van der Waals surface area contributed by atoms with Crippen molar-refractivity contribution in [1.29, 1.82) is 0 Å². The third-order valence-corrected chi connectivity index (χ3v) is 24.2. The first kappa shape index (κ1) is 73.4. The van der Waals surface area contributed by atoms with Gasteiger partial charge in [-0.1, -0.05) is 97.5 Å². The number of rotatable bonds is 20. The number of ether oxygens (including phenoxy) is 3. The molecule has 0 aromatic heterocycles. The van der Waals surface area contributed by atoms with Crippen LogP contribution in [0.25, 0.3) is 0 Å². The van der Waals surface area contributed by atoms with E-state index in [-0.39, 0.29) is 39.2 Å². The number of esters is 3. The van der Waals surface area contributed by atoms with Gasteiger partial charge in [0, 0.05) is 43.2 Å². The van der Waals surface area contributed by atoms with Crippen LogP contribution in [0.4, 0.5) is 0 Å². The number of aliphatic hydroxyl groups is 1. The number of alkyl halides is 1. The maximum atomic E-state index is 11.6. The number of hydrogen-bond donors (Lipinski definition) is 2. The van der Waals surface area contributed by atoms with Crippen LogP contribution in [-0.2, 0) is 46.7 Å². The zero-order valence-corrected chi connectivity index (χ0v) is 49.4. The van der Waals surface area contributed by atoms with Crippen LogP contribution in [0.3, 0.4) is 0 Å². The quantitative estimate of drug-likeness (QED) is 0.0174. The summed E-state index contributed by atoms with van der Waals surface area (Å²) in [4.78, 5) is 43.1. The van der Waals surface area contributed by atoms with Crippen LogP contribution in [0.1, 0.15) is 102 Å². The molecule has 1 atom stereocenters. The summed E-state index contributed by atoms with van der Waals surface area (Å²) in [6, 6.07) is 0. The minimum atomic E-state index is -1.81. The first-order valence-corrected chi connectivity index (χ1v) is 33.1. The SMILES string of the molecule is C=C(C(=O)OCC)C(O)CCO[Si](C)(C)C(C)(C)C.C=CC(=O)OCC.CC(C)(C)[Si](C)(C)OCCC=O.CCOC(=O)/C(=C/CCO[Si](C)(C)C(C)(C)C)CBr.CSC.[B]=NS. The summed E-state index contributed by atoms with van der Waals surface area (Å²) >= 11 is 8.25. The van der Waals surface area contributed by atoms with Gasteiger partial charge in [0.25, 0.3) is 0 Å². The van der Waals surface area contributed by atoms with Gasteiger partial charge in [0.2, 0.25) is 0 Å². The predicted molar refractivity (Wildman–Crippen MR) is 283 cm³/mol. The van der Waals surface area contributed by atoms with Crippen molar-refractivity contribution in [2.45, 2.75) is 163 Å². The minimum absolute atomic E-state index is 0.0979. The second kappa shape index (κ2) is 40.0. The average molecular weight is 1050 g/mol. The zero-order chi connectivity index (χ0) is 51.3. The van der Waals surface area contributed by atoms with Gasteiger partial charge in [0.05, 0.1) is 31.5 Å². The van der Waals surface area contributed by atoms with Crippen molar-refractivity contribution in [2.24, 2.45) is 4.30 Å². The van der Waals surface area contributed by atoms with Gasteiger partial charge in [0.1, 0.15) is 6.29 Å². The summed E-state index contributed by atoms with van der Waals surface area (Å²) in [6.07, 6.45) is 8.77. The van der Waals surface area contributed by atoms with Gasteiger partial charge in [0.15, 0.2) is 25.0 Å². The van der Waals surface area contributed by atoms with Crippen molar-refractivity contribution in [3.05, 3.63) is 36.5 Å². The van der Waals surface area contributed by atoms with Crippen molar-refractivity contribution >= 4 is 97.3 Å². The van der Waals surface area contributed by atoms with Crippen molar-refractivity contribution in [3.8, 4) is 0 Å². The molecule has 0 fully saturated rings. The van der Waals surface area contributed by atoms with E-state index in [2.05, 4.69) is 160 Å². The molecule has 0 aromatic rings. The Kier molecular flexibility index (Phi) is 46.6.